The number of fused-ring (bicyclic) bond motifs is 1. The van der Waals surface area contributed by atoms with Crippen molar-refractivity contribution in [3.8, 4) is 17.2 Å². The number of para-hydroxylation sites is 1. The van der Waals surface area contributed by atoms with Gasteiger partial charge in [-0.2, -0.15) is 0 Å². The maximum atomic E-state index is 12.5. The van der Waals surface area contributed by atoms with E-state index in [2.05, 4.69) is 10.3 Å². The number of carbonyl (C=O) groups is 1. The third kappa shape index (κ3) is 4.48. The Morgan fingerprint density at radius 1 is 1.00 bits per heavy atom. The number of carbonyl (C=O) groups excluding carboxylic acids is 1. The highest BCUT2D eigenvalue weighted by atomic mass is 16.5. The molecule has 4 rings (SSSR count). The van der Waals surface area contributed by atoms with Gasteiger partial charge in [0, 0.05) is 11.3 Å². The van der Waals surface area contributed by atoms with Crippen LogP contribution in [0.25, 0.3) is 22.4 Å². The number of aromatic nitrogens is 1. The van der Waals surface area contributed by atoms with Crippen molar-refractivity contribution in [1.29, 1.82) is 0 Å². The third-order valence-electron chi connectivity index (χ3n) is 5.10. The highest BCUT2D eigenvalue weighted by Crippen LogP contribution is 2.22. The monoisotopic (exact) mass is 414 g/mol. The molecule has 0 spiro atoms. The smallest absolute Gasteiger partial charge is 0.347 e. The van der Waals surface area contributed by atoms with Gasteiger partial charge >= 0.3 is 5.63 Å². The minimum Gasteiger partial charge on any atom is -0.481 e. The number of nitrogens with zero attached hydrogens (tertiary/aromatic N) is 1. The highest BCUT2D eigenvalue weighted by Gasteiger charge is 2.16. The van der Waals surface area contributed by atoms with Gasteiger partial charge in [-0.3, -0.25) is 4.79 Å². The van der Waals surface area contributed by atoms with Crippen LogP contribution < -0.4 is 15.7 Å². The van der Waals surface area contributed by atoms with E-state index in [1.165, 1.54) is 5.56 Å². The zero-order chi connectivity index (χ0) is 22.0. The summed E-state index contributed by atoms with van der Waals surface area (Å²) in [6, 6.07) is 19.7. The molecule has 1 N–H and O–H groups in total. The number of aryl methyl sites for hydroxylation is 2. The number of hydrogen-bond donors (Lipinski definition) is 1. The Kier molecular flexibility index (Phi) is 5.54. The Morgan fingerprint density at radius 3 is 2.48 bits per heavy atom. The summed E-state index contributed by atoms with van der Waals surface area (Å²) in [6.07, 6.45) is -0.665. The maximum absolute atomic E-state index is 12.5. The first kappa shape index (κ1) is 20.3. The first-order valence-electron chi connectivity index (χ1n) is 9.96. The lowest BCUT2D eigenvalue weighted by Crippen LogP contribution is -2.30. The van der Waals surface area contributed by atoms with Gasteiger partial charge in [0.05, 0.1) is 10.9 Å². The molecule has 0 aliphatic carbocycles. The third-order valence-corrected chi connectivity index (χ3v) is 5.10. The first-order chi connectivity index (χ1) is 14.9. The first-order valence-corrected chi connectivity index (χ1v) is 9.96. The Bertz CT molecular complexity index is 1310. The minimum atomic E-state index is -0.665. The van der Waals surface area contributed by atoms with Crippen LogP contribution in [-0.2, 0) is 4.79 Å². The summed E-state index contributed by atoms with van der Waals surface area (Å²) < 4.78 is 11.1. The van der Waals surface area contributed by atoms with Crippen LogP contribution in [0.2, 0.25) is 0 Å². The average molecular weight is 414 g/mol. The van der Waals surface area contributed by atoms with Crippen molar-refractivity contribution in [3.05, 3.63) is 88.3 Å². The Labute approximate surface area is 179 Å². The van der Waals surface area contributed by atoms with Gasteiger partial charge in [-0.1, -0.05) is 18.2 Å². The minimum absolute atomic E-state index is 0.230. The van der Waals surface area contributed by atoms with Crippen LogP contribution in [0.3, 0.4) is 0 Å². The zero-order valence-electron chi connectivity index (χ0n) is 17.5. The lowest BCUT2D eigenvalue weighted by molar-refractivity contribution is -0.122. The van der Waals surface area contributed by atoms with Crippen LogP contribution in [-0.4, -0.2) is 17.0 Å². The topological polar surface area (TPSA) is 81.4 Å². The standard InChI is InChI=1S/C25H22N2O4/c1-15-8-13-20(14-16(15)2)30-17(3)23(28)26-19-11-9-18(10-12-19)24-27-22-7-5-4-6-21(22)25(29)31-24/h4-14,17H,1-3H3,(H,26,28). The molecule has 4 aromatic rings. The molecule has 0 aliphatic rings. The molecular weight excluding hydrogens is 392 g/mol. The molecule has 156 valence electrons. The quantitative estimate of drug-likeness (QED) is 0.503. The van der Waals surface area contributed by atoms with E-state index in [0.717, 1.165) is 5.56 Å². The number of amides is 1. The average Bonchev–Trinajstić information content (AvgIpc) is 2.77. The van der Waals surface area contributed by atoms with E-state index in [1.807, 2.05) is 38.1 Å². The van der Waals surface area contributed by atoms with E-state index in [-0.39, 0.29) is 11.8 Å². The molecule has 0 saturated carbocycles. The molecule has 6 nitrogen and oxygen atoms in total. The van der Waals surface area contributed by atoms with Gasteiger partial charge in [-0.15, -0.1) is 0 Å². The zero-order valence-corrected chi connectivity index (χ0v) is 17.5. The number of ether oxygens (including phenoxy) is 1. The summed E-state index contributed by atoms with van der Waals surface area (Å²) in [6.45, 7) is 5.73. The van der Waals surface area contributed by atoms with Crippen LogP contribution >= 0.6 is 0 Å². The second kappa shape index (κ2) is 8.44. The largest absolute Gasteiger partial charge is 0.481 e. The van der Waals surface area contributed by atoms with Crippen molar-refractivity contribution >= 4 is 22.5 Å². The second-order valence-electron chi connectivity index (χ2n) is 7.40. The number of rotatable bonds is 5. The molecule has 1 atom stereocenters. The van der Waals surface area contributed by atoms with Gasteiger partial charge in [-0.05, 0) is 80.4 Å². The lowest BCUT2D eigenvalue weighted by Gasteiger charge is -2.15. The summed E-state index contributed by atoms with van der Waals surface area (Å²) in [5, 5.41) is 3.27. The second-order valence-corrected chi connectivity index (χ2v) is 7.40. The molecule has 1 unspecified atom stereocenters. The summed E-state index contributed by atoms with van der Waals surface area (Å²) in [5.74, 6) is 0.618. The van der Waals surface area contributed by atoms with E-state index in [4.69, 9.17) is 9.15 Å². The molecule has 0 saturated heterocycles. The lowest BCUT2D eigenvalue weighted by atomic mass is 10.1. The molecule has 0 radical (unpaired) electrons. The Hall–Kier alpha value is -3.93. The van der Waals surface area contributed by atoms with Crippen LogP contribution in [0.1, 0.15) is 18.1 Å². The molecule has 0 aliphatic heterocycles. The van der Waals surface area contributed by atoms with E-state index in [0.29, 0.717) is 27.9 Å². The predicted molar refractivity (Wildman–Crippen MR) is 120 cm³/mol. The Morgan fingerprint density at radius 2 is 1.74 bits per heavy atom. The molecule has 0 fully saturated rings. The van der Waals surface area contributed by atoms with E-state index in [9.17, 15) is 9.59 Å². The maximum Gasteiger partial charge on any atom is 0.347 e. The predicted octanol–water partition coefficient (Wildman–Crippen LogP) is 4.88. The normalized spacial score (nSPS) is 11.8. The van der Waals surface area contributed by atoms with Crippen molar-refractivity contribution < 1.29 is 13.9 Å². The van der Waals surface area contributed by atoms with Gasteiger partial charge in [0.1, 0.15) is 5.75 Å². The van der Waals surface area contributed by atoms with Crippen LogP contribution in [0.15, 0.2) is 75.9 Å². The molecule has 31 heavy (non-hydrogen) atoms. The Balaban J connectivity index is 1.46. The summed E-state index contributed by atoms with van der Waals surface area (Å²) in [5.41, 5.74) is 3.65. The molecule has 1 heterocycles. The summed E-state index contributed by atoms with van der Waals surface area (Å²) in [7, 11) is 0. The van der Waals surface area contributed by atoms with Crippen molar-refractivity contribution in [1.82, 2.24) is 4.98 Å². The fourth-order valence-corrected chi connectivity index (χ4v) is 3.13. The van der Waals surface area contributed by atoms with Gasteiger partial charge in [0.25, 0.3) is 5.91 Å². The van der Waals surface area contributed by atoms with Gasteiger partial charge in [-0.25, -0.2) is 9.78 Å². The molecule has 1 aromatic heterocycles. The van der Waals surface area contributed by atoms with E-state index >= 15 is 0 Å². The molecule has 0 bridgehead atoms. The fourth-order valence-electron chi connectivity index (χ4n) is 3.13. The van der Waals surface area contributed by atoms with Crippen molar-refractivity contribution in [2.24, 2.45) is 0 Å². The van der Waals surface area contributed by atoms with Gasteiger partial charge < -0.3 is 14.5 Å². The summed E-state index contributed by atoms with van der Waals surface area (Å²) in [4.78, 5) is 29.1. The molecular formula is C25H22N2O4. The SMILES string of the molecule is Cc1ccc(OC(C)C(=O)Nc2ccc(-c3nc4ccccc4c(=O)o3)cc2)cc1C. The van der Waals surface area contributed by atoms with Crippen LogP contribution in [0.5, 0.6) is 5.75 Å². The number of hydrogen-bond acceptors (Lipinski definition) is 5. The van der Waals surface area contributed by atoms with Gasteiger partial charge in [0.15, 0.2) is 6.10 Å². The molecule has 3 aromatic carbocycles. The van der Waals surface area contributed by atoms with E-state index in [1.54, 1.807) is 49.4 Å². The van der Waals surface area contributed by atoms with Gasteiger partial charge in [0.2, 0.25) is 5.89 Å². The van der Waals surface area contributed by atoms with Crippen molar-refractivity contribution in [2.75, 3.05) is 5.32 Å². The highest BCUT2D eigenvalue weighted by molar-refractivity contribution is 5.94. The van der Waals surface area contributed by atoms with Crippen molar-refractivity contribution in [2.45, 2.75) is 26.9 Å². The molecule has 1 amide bonds. The number of anilines is 1. The number of nitrogens with one attached hydrogen (secondary N) is 1. The van der Waals surface area contributed by atoms with E-state index < -0.39 is 11.7 Å². The molecule has 6 heteroatoms. The van der Waals surface area contributed by atoms with Crippen LogP contribution in [0.4, 0.5) is 5.69 Å². The van der Waals surface area contributed by atoms with Crippen LogP contribution in [0, 0.1) is 13.8 Å². The summed E-state index contributed by atoms with van der Waals surface area (Å²) >= 11 is 0. The van der Waals surface area contributed by atoms with Crippen molar-refractivity contribution in [3.63, 3.8) is 0 Å². The fraction of sp³-hybridized carbons (Fsp3) is 0.160. The number of benzene rings is 3.